The number of fused-ring (bicyclic) bond motifs is 1. The van der Waals surface area contributed by atoms with Gasteiger partial charge < -0.3 is 9.67 Å². The molecule has 1 heterocycles. The number of aromatic carboxylic acids is 1. The summed E-state index contributed by atoms with van der Waals surface area (Å²) in [6, 6.07) is 9.03. The number of rotatable bonds is 3. The number of carboxylic acid groups (broad SMARTS) is 1. The number of benzene rings is 1. The Bertz CT molecular complexity index is 602. The van der Waals surface area contributed by atoms with Crippen LogP contribution in [0.1, 0.15) is 10.5 Å². The van der Waals surface area contributed by atoms with E-state index in [9.17, 15) is 4.79 Å². The molecule has 0 radical (unpaired) electrons. The molecule has 0 saturated heterocycles. The molecule has 2 aromatic rings. The Kier molecular flexibility index (Phi) is 3.41. The van der Waals surface area contributed by atoms with Crippen molar-refractivity contribution in [1.29, 1.82) is 0 Å². The van der Waals surface area contributed by atoms with Crippen LogP contribution >= 0.6 is 23.2 Å². The predicted molar refractivity (Wildman–Crippen MR) is 68.7 cm³/mol. The minimum atomic E-state index is -0.986. The predicted octanol–water partition coefficient (Wildman–Crippen LogP) is 3.66. The zero-order valence-corrected chi connectivity index (χ0v) is 10.2. The van der Waals surface area contributed by atoms with Gasteiger partial charge in [-0.25, -0.2) is 4.79 Å². The highest BCUT2D eigenvalue weighted by Crippen LogP contribution is 2.22. The first-order valence-electron chi connectivity index (χ1n) is 4.90. The fourth-order valence-electron chi connectivity index (χ4n) is 1.74. The first-order chi connectivity index (χ1) is 8.13. The van der Waals surface area contributed by atoms with Crippen molar-refractivity contribution in [3.63, 3.8) is 0 Å². The second-order valence-electron chi connectivity index (χ2n) is 3.54. The van der Waals surface area contributed by atoms with Crippen LogP contribution in [0.25, 0.3) is 10.9 Å². The van der Waals surface area contributed by atoms with Gasteiger partial charge in [-0.2, -0.15) is 0 Å². The minimum Gasteiger partial charge on any atom is -0.477 e. The molecule has 0 unspecified atom stereocenters. The molecule has 0 aliphatic carbocycles. The molecule has 1 N–H and O–H groups in total. The van der Waals surface area contributed by atoms with E-state index < -0.39 is 5.97 Å². The highest BCUT2D eigenvalue weighted by atomic mass is 35.5. The normalized spacial score (nSPS) is 12.0. The van der Waals surface area contributed by atoms with Gasteiger partial charge >= 0.3 is 5.97 Å². The number of nitrogens with zero attached hydrogens (tertiary/aromatic N) is 1. The van der Waals surface area contributed by atoms with Gasteiger partial charge in [0.1, 0.15) is 5.69 Å². The van der Waals surface area contributed by atoms with Crippen molar-refractivity contribution in [1.82, 2.24) is 4.57 Å². The SMILES string of the molecule is O=C(O)c1cc2ccccc2n1CC(Cl)=CCl. The van der Waals surface area contributed by atoms with Crippen LogP contribution in [0.4, 0.5) is 0 Å². The first-order valence-corrected chi connectivity index (χ1v) is 5.71. The number of allylic oxidation sites excluding steroid dienone is 1. The highest BCUT2D eigenvalue weighted by molar-refractivity contribution is 6.36. The van der Waals surface area contributed by atoms with Crippen molar-refractivity contribution in [3.8, 4) is 0 Å². The van der Waals surface area contributed by atoms with Crippen LogP contribution in [-0.2, 0) is 6.54 Å². The highest BCUT2D eigenvalue weighted by Gasteiger charge is 2.14. The van der Waals surface area contributed by atoms with Gasteiger partial charge in [-0.15, -0.1) is 0 Å². The Labute approximate surface area is 108 Å². The van der Waals surface area contributed by atoms with Crippen molar-refractivity contribution in [3.05, 3.63) is 46.6 Å². The summed E-state index contributed by atoms with van der Waals surface area (Å²) in [4.78, 5) is 11.1. The molecule has 0 aliphatic heterocycles. The van der Waals surface area contributed by atoms with Crippen LogP contribution in [-0.4, -0.2) is 15.6 Å². The molecule has 88 valence electrons. The third-order valence-electron chi connectivity index (χ3n) is 2.46. The van der Waals surface area contributed by atoms with Gasteiger partial charge in [-0.1, -0.05) is 41.4 Å². The smallest absolute Gasteiger partial charge is 0.352 e. The molecule has 5 heteroatoms. The van der Waals surface area contributed by atoms with Crippen LogP contribution in [0.15, 0.2) is 40.9 Å². The van der Waals surface area contributed by atoms with E-state index in [2.05, 4.69) is 0 Å². The van der Waals surface area contributed by atoms with Crippen molar-refractivity contribution in [2.75, 3.05) is 0 Å². The van der Waals surface area contributed by atoms with Crippen LogP contribution in [0, 0.1) is 0 Å². The summed E-state index contributed by atoms with van der Waals surface area (Å²) < 4.78 is 1.62. The van der Waals surface area contributed by atoms with E-state index >= 15 is 0 Å². The maximum atomic E-state index is 11.1. The van der Waals surface area contributed by atoms with Gasteiger partial charge in [0.25, 0.3) is 0 Å². The van der Waals surface area contributed by atoms with Crippen molar-refractivity contribution < 1.29 is 9.90 Å². The molecule has 0 amide bonds. The minimum absolute atomic E-state index is 0.197. The van der Waals surface area contributed by atoms with E-state index in [4.69, 9.17) is 28.3 Å². The lowest BCUT2D eigenvalue weighted by Gasteiger charge is -2.06. The second-order valence-corrected chi connectivity index (χ2v) is 4.24. The number of para-hydroxylation sites is 1. The summed E-state index contributed by atoms with van der Waals surface area (Å²) in [5.41, 5.74) is 2.26. The van der Waals surface area contributed by atoms with Gasteiger partial charge in [-0.3, -0.25) is 0 Å². The number of hydrogen-bond donors (Lipinski definition) is 1. The number of halogens is 2. The fourth-order valence-corrected chi connectivity index (χ4v) is 1.93. The molecule has 2 rings (SSSR count). The molecule has 3 nitrogen and oxygen atoms in total. The van der Waals surface area contributed by atoms with Crippen molar-refractivity contribution >= 4 is 40.1 Å². The molecule has 0 aliphatic rings. The Morgan fingerprint density at radius 1 is 1.41 bits per heavy atom. The molecular weight excluding hydrogens is 261 g/mol. The largest absolute Gasteiger partial charge is 0.477 e. The Morgan fingerprint density at radius 2 is 2.12 bits per heavy atom. The average molecular weight is 270 g/mol. The lowest BCUT2D eigenvalue weighted by Crippen LogP contribution is -2.08. The third kappa shape index (κ3) is 2.30. The Hall–Kier alpha value is -1.45. The maximum Gasteiger partial charge on any atom is 0.352 e. The number of carbonyl (C=O) groups is 1. The van der Waals surface area contributed by atoms with E-state index in [1.54, 1.807) is 10.6 Å². The number of hydrogen-bond acceptors (Lipinski definition) is 1. The fraction of sp³-hybridized carbons (Fsp3) is 0.0833. The summed E-state index contributed by atoms with van der Waals surface area (Å²) in [5.74, 6) is -0.986. The second kappa shape index (κ2) is 4.82. The van der Waals surface area contributed by atoms with Crippen molar-refractivity contribution in [2.45, 2.75) is 6.54 Å². The van der Waals surface area contributed by atoms with E-state index in [0.29, 0.717) is 5.03 Å². The zero-order chi connectivity index (χ0) is 12.4. The van der Waals surface area contributed by atoms with Crippen LogP contribution < -0.4 is 0 Å². The molecule has 0 fully saturated rings. The topological polar surface area (TPSA) is 42.2 Å². The van der Waals surface area contributed by atoms with E-state index in [0.717, 1.165) is 10.9 Å². The van der Waals surface area contributed by atoms with Gasteiger partial charge in [-0.05, 0) is 12.1 Å². The number of carboxylic acids is 1. The summed E-state index contributed by atoms with van der Waals surface area (Å²) in [7, 11) is 0. The standard InChI is InChI=1S/C12H9Cl2NO2/c13-6-9(14)7-15-10-4-2-1-3-8(10)5-11(15)12(16)17/h1-6H,7H2,(H,16,17). The number of aromatic nitrogens is 1. The van der Waals surface area contributed by atoms with Crippen LogP contribution in [0.3, 0.4) is 0 Å². The first kappa shape index (κ1) is 12.0. The van der Waals surface area contributed by atoms with Crippen LogP contribution in [0.2, 0.25) is 0 Å². The van der Waals surface area contributed by atoms with Gasteiger partial charge in [0.15, 0.2) is 0 Å². The Balaban J connectivity index is 2.64. The molecule has 0 atom stereocenters. The summed E-state index contributed by atoms with van der Waals surface area (Å²) in [6.45, 7) is 0.250. The van der Waals surface area contributed by atoms with Gasteiger partial charge in [0, 0.05) is 21.5 Å². The molecule has 17 heavy (non-hydrogen) atoms. The molecular formula is C12H9Cl2NO2. The quantitative estimate of drug-likeness (QED) is 0.924. The summed E-state index contributed by atoms with van der Waals surface area (Å²) in [5, 5.41) is 10.4. The molecule has 0 spiro atoms. The van der Waals surface area contributed by atoms with E-state index in [-0.39, 0.29) is 12.2 Å². The summed E-state index contributed by atoms with van der Waals surface area (Å²) in [6.07, 6.45) is 0. The Morgan fingerprint density at radius 3 is 2.76 bits per heavy atom. The van der Waals surface area contributed by atoms with E-state index in [1.165, 1.54) is 5.54 Å². The average Bonchev–Trinajstić information content (AvgIpc) is 2.68. The molecule has 1 aromatic heterocycles. The lowest BCUT2D eigenvalue weighted by atomic mass is 10.2. The molecule has 1 aromatic carbocycles. The lowest BCUT2D eigenvalue weighted by molar-refractivity contribution is 0.0686. The van der Waals surface area contributed by atoms with Gasteiger partial charge in [0.2, 0.25) is 0 Å². The molecule has 0 saturated carbocycles. The van der Waals surface area contributed by atoms with Crippen LogP contribution in [0.5, 0.6) is 0 Å². The zero-order valence-electron chi connectivity index (χ0n) is 8.73. The molecule has 0 bridgehead atoms. The van der Waals surface area contributed by atoms with Gasteiger partial charge in [0.05, 0.1) is 6.54 Å². The third-order valence-corrected chi connectivity index (χ3v) is 3.06. The monoisotopic (exact) mass is 269 g/mol. The summed E-state index contributed by atoms with van der Waals surface area (Å²) >= 11 is 11.3. The van der Waals surface area contributed by atoms with Crippen molar-refractivity contribution in [2.24, 2.45) is 0 Å². The van der Waals surface area contributed by atoms with E-state index in [1.807, 2.05) is 24.3 Å². The maximum absolute atomic E-state index is 11.1.